The maximum Gasteiger partial charge on any atom is 0.217 e. The second kappa shape index (κ2) is 5.92. The van der Waals surface area contributed by atoms with Gasteiger partial charge in [-0.2, -0.15) is 0 Å². The molecule has 2 aliphatic rings. The number of hydrogen-bond donors (Lipinski definition) is 0. The van der Waals surface area contributed by atoms with Crippen LogP contribution < -0.4 is 4.74 Å². The number of aromatic nitrogens is 1. The molecule has 0 saturated carbocycles. The molecule has 2 aliphatic heterocycles. The van der Waals surface area contributed by atoms with Crippen LogP contribution in [-0.4, -0.2) is 53.3 Å². The van der Waals surface area contributed by atoms with E-state index in [0.717, 1.165) is 37.9 Å². The molecule has 0 radical (unpaired) electrons. The van der Waals surface area contributed by atoms with Gasteiger partial charge in [0.05, 0.1) is 13.2 Å². The number of rotatable bonds is 5. The minimum absolute atomic E-state index is 0.440. The summed E-state index contributed by atoms with van der Waals surface area (Å²) in [5.41, 5.74) is 1.18. The van der Waals surface area contributed by atoms with Gasteiger partial charge in [0.1, 0.15) is 0 Å². The molecule has 1 aromatic rings. The molecular formula is C15H22N2O2S. The highest BCUT2D eigenvalue weighted by molar-refractivity contribution is 8.01. The molecule has 1 aromatic heterocycles. The van der Waals surface area contributed by atoms with Gasteiger partial charge in [0.15, 0.2) is 0 Å². The number of nitrogens with zero attached hydrogens (tertiary/aromatic N) is 2. The Morgan fingerprint density at radius 1 is 1.50 bits per heavy atom. The average molecular weight is 294 g/mol. The van der Waals surface area contributed by atoms with Crippen LogP contribution in [0.25, 0.3) is 0 Å². The van der Waals surface area contributed by atoms with E-state index in [9.17, 15) is 0 Å². The number of ether oxygens (including phenoxy) is 2. The van der Waals surface area contributed by atoms with Crippen molar-refractivity contribution in [2.45, 2.75) is 30.7 Å². The lowest BCUT2D eigenvalue weighted by Gasteiger charge is -2.47. The molecule has 0 bridgehead atoms. The Bertz CT molecular complexity index is 463. The summed E-state index contributed by atoms with van der Waals surface area (Å²) >= 11 is 2.09. The van der Waals surface area contributed by atoms with Crippen LogP contribution >= 0.6 is 11.8 Å². The van der Waals surface area contributed by atoms with Crippen molar-refractivity contribution in [2.75, 3.05) is 32.6 Å². The Morgan fingerprint density at radius 2 is 2.35 bits per heavy atom. The third-order valence-electron chi connectivity index (χ3n) is 4.04. The standard InChI is InChI=1S/C15H22N2O2S/c1-3-19-13-7-15(20-9-13)10-17(11-15)8-12-5-4-6-16-14(12)18-2/h4-6,13H,3,7-11H2,1-2H3/t13-/m1/s1. The first-order valence-corrected chi connectivity index (χ1v) is 8.19. The summed E-state index contributed by atoms with van der Waals surface area (Å²) in [6.07, 6.45) is 3.44. The third kappa shape index (κ3) is 2.80. The van der Waals surface area contributed by atoms with E-state index >= 15 is 0 Å². The number of thioether (sulfide) groups is 1. The SMILES string of the molecule is CCO[C@H]1CSC2(C1)CN(Cc1cccnc1OC)C2. The Balaban J connectivity index is 1.54. The van der Waals surface area contributed by atoms with Crippen LogP contribution in [0.15, 0.2) is 18.3 Å². The Kier molecular flexibility index (Phi) is 4.19. The molecule has 3 heterocycles. The number of hydrogen-bond acceptors (Lipinski definition) is 5. The molecule has 0 aromatic carbocycles. The van der Waals surface area contributed by atoms with Gasteiger partial charge in [-0.15, -0.1) is 11.8 Å². The van der Waals surface area contributed by atoms with Gasteiger partial charge in [-0.25, -0.2) is 4.98 Å². The van der Waals surface area contributed by atoms with Gasteiger partial charge in [0, 0.05) is 48.5 Å². The zero-order valence-electron chi connectivity index (χ0n) is 12.2. The molecule has 20 heavy (non-hydrogen) atoms. The fourth-order valence-corrected chi connectivity index (χ4v) is 4.82. The Morgan fingerprint density at radius 3 is 3.10 bits per heavy atom. The first-order valence-electron chi connectivity index (χ1n) is 7.20. The minimum atomic E-state index is 0.440. The third-order valence-corrected chi connectivity index (χ3v) is 5.61. The summed E-state index contributed by atoms with van der Waals surface area (Å²) in [5, 5.41) is 0. The van der Waals surface area contributed by atoms with Gasteiger partial charge in [-0.1, -0.05) is 6.07 Å². The van der Waals surface area contributed by atoms with E-state index in [1.54, 1.807) is 13.3 Å². The van der Waals surface area contributed by atoms with E-state index in [1.807, 2.05) is 6.07 Å². The maximum absolute atomic E-state index is 5.75. The van der Waals surface area contributed by atoms with Crippen LogP contribution in [0.3, 0.4) is 0 Å². The van der Waals surface area contributed by atoms with Gasteiger partial charge >= 0.3 is 0 Å². The normalized spacial score (nSPS) is 24.8. The molecule has 0 N–H and O–H groups in total. The van der Waals surface area contributed by atoms with Gasteiger partial charge in [-0.3, -0.25) is 4.90 Å². The molecule has 1 atom stereocenters. The van der Waals surface area contributed by atoms with E-state index in [4.69, 9.17) is 9.47 Å². The number of methoxy groups -OCH3 is 1. The van der Waals surface area contributed by atoms with Crippen LogP contribution in [0.4, 0.5) is 0 Å². The first-order chi connectivity index (χ1) is 9.74. The van der Waals surface area contributed by atoms with E-state index in [1.165, 1.54) is 12.0 Å². The molecule has 2 fully saturated rings. The zero-order chi connectivity index (χ0) is 14.0. The quantitative estimate of drug-likeness (QED) is 0.831. The highest BCUT2D eigenvalue weighted by Crippen LogP contribution is 2.46. The highest BCUT2D eigenvalue weighted by Gasteiger charge is 2.49. The molecular weight excluding hydrogens is 272 g/mol. The Labute approximate surface area is 124 Å². The molecule has 2 saturated heterocycles. The van der Waals surface area contributed by atoms with Gasteiger partial charge in [0.25, 0.3) is 0 Å². The highest BCUT2D eigenvalue weighted by atomic mass is 32.2. The monoisotopic (exact) mass is 294 g/mol. The van der Waals surface area contributed by atoms with Gasteiger partial charge in [-0.05, 0) is 19.4 Å². The lowest BCUT2D eigenvalue weighted by atomic mass is 9.92. The average Bonchev–Trinajstić information content (AvgIpc) is 2.83. The lowest BCUT2D eigenvalue weighted by Crippen LogP contribution is -2.58. The molecule has 5 heteroatoms. The predicted octanol–water partition coefficient (Wildman–Crippen LogP) is 2.19. The molecule has 110 valence electrons. The zero-order valence-corrected chi connectivity index (χ0v) is 13.0. The smallest absolute Gasteiger partial charge is 0.217 e. The van der Waals surface area contributed by atoms with Crippen molar-refractivity contribution in [3.05, 3.63) is 23.9 Å². The van der Waals surface area contributed by atoms with Crippen LogP contribution in [-0.2, 0) is 11.3 Å². The van der Waals surface area contributed by atoms with E-state index in [2.05, 4.69) is 34.6 Å². The molecule has 1 spiro atoms. The molecule has 4 nitrogen and oxygen atoms in total. The van der Waals surface area contributed by atoms with Crippen LogP contribution in [0, 0.1) is 0 Å². The number of pyridine rings is 1. The van der Waals surface area contributed by atoms with Crippen molar-refractivity contribution < 1.29 is 9.47 Å². The van der Waals surface area contributed by atoms with Crippen LogP contribution in [0.5, 0.6) is 5.88 Å². The van der Waals surface area contributed by atoms with Crippen LogP contribution in [0.1, 0.15) is 18.9 Å². The summed E-state index contributed by atoms with van der Waals surface area (Å²) in [6, 6.07) is 4.07. The van der Waals surface area contributed by atoms with E-state index in [0.29, 0.717) is 10.9 Å². The Hall–Kier alpha value is -0.780. The first kappa shape index (κ1) is 14.2. The second-order valence-corrected chi connectivity index (χ2v) is 7.08. The number of likely N-dealkylation sites (tertiary alicyclic amines) is 1. The van der Waals surface area contributed by atoms with Gasteiger partial charge < -0.3 is 9.47 Å². The summed E-state index contributed by atoms with van der Waals surface area (Å²) in [4.78, 5) is 6.73. The lowest BCUT2D eigenvalue weighted by molar-refractivity contribution is 0.0414. The van der Waals surface area contributed by atoms with Crippen molar-refractivity contribution in [1.82, 2.24) is 9.88 Å². The maximum atomic E-state index is 5.75. The fourth-order valence-electron chi connectivity index (χ4n) is 3.22. The predicted molar refractivity (Wildman–Crippen MR) is 81.3 cm³/mol. The summed E-state index contributed by atoms with van der Waals surface area (Å²) in [7, 11) is 1.68. The van der Waals surface area contributed by atoms with Crippen LogP contribution in [0.2, 0.25) is 0 Å². The van der Waals surface area contributed by atoms with Gasteiger partial charge in [0.2, 0.25) is 5.88 Å². The van der Waals surface area contributed by atoms with Crippen molar-refractivity contribution in [1.29, 1.82) is 0 Å². The van der Waals surface area contributed by atoms with Crippen molar-refractivity contribution >= 4 is 11.8 Å². The van der Waals surface area contributed by atoms with Crippen molar-refractivity contribution in [3.8, 4) is 5.88 Å². The largest absolute Gasteiger partial charge is 0.481 e. The fraction of sp³-hybridized carbons (Fsp3) is 0.667. The molecule has 0 unspecified atom stereocenters. The van der Waals surface area contributed by atoms with E-state index in [-0.39, 0.29) is 0 Å². The summed E-state index contributed by atoms with van der Waals surface area (Å²) in [6.45, 7) is 6.15. The van der Waals surface area contributed by atoms with E-state index < -0.39 is 0 Å². The molecule has 0 amide bonds. The second-order valence-electron chi connectivity index (χ2n) is 5.59. The minimum Gasteiger partial charge on any atom is -0.481 e. The van der Waals surface area contributed by atoms with Crippen molar-refractivity contribution in [3.63, 3.8) is 0 Å². The molecule has 3 rings (SSSR count). The molecule has 0 aliphatic carbocycles. The summed E-state index contributed by atoms with van der Waals surface area (Å²) in [5.74, 6) is 1.90. The van der Waals surface area contributed by atoms with Crippen molar-refractivity contribution in [2.24, 2.45) is 0 Å². The summed E-state index contributed by atoms with van der Waals surface area (Å²) < 4.78 is 11.5. The topological polar surface area (TPSA) is 34.6 Å².